The predicted molar refractivity (Wildman–Crippen MR) is 48.2 cm³/mol. The number of hydrogen-bond donors (Lipinski definition) is 0. The van der Waals surface area contributed by atoms with Gasteiger partial charge in [-0.3, -0.25) is 0 Å². The van der Waals surface area contributed by atoms with Crippen molar-refractivity contribution in [1.29, 1.82) is 0 Å². The zero-order valence-electron chi connectivity index (χ0n) is 8.51. The number of hydrogen-bond acceptors (Lipinski definition) is 1. The van der Waals surface area contributed by atoms with E-state index in [9.17, 15) is 4.39 Å². The molecule has 6 atom stereocenters. The van der Waals surface area contributed by atoms with E-state index in [1.807, 2.05) is 6.92 Å². The maximum Gasteiger partial charge on any atom is 0.134 e. The van der Waals surface area contributed by atoms with Crippen molar-refractivity contribution in [3.63, 3.8) is 0 Å². The van der Waals surface area contributed by atoms with Crippen molar-refractivity contribution in [1.82, 2.24) is 0 Å². The number of alkyl halides is 1. The van der Waals surface area contributed by atoms with E-state index < -0.39 is 6.17 Å². The minimum atomic E-state index is -0.748. The zero-order valence-corrected chi connectivity index (χ0v) is 8.51. The molecule has 3 aliphatic rings. The van der Waals surface area contributed by atoms with Crippen LogP contribution in [0.2, 0.25) is 0 Å². The van der Waals surface area contributed by atoms with Gasteiger partial charge in [0.1, 0.15) is 6.17 Å². The minimum absolute atomic E-state index is 0.170. The molecule has 1 nitrogen and oxygen atoms in total. The molecule has 0 radical (unpaired) electrons. The highest BCUT2D eigenvalue weighted by Crippen LogP contribution is 2.73. The van der Waals surface area contributed by atoms with Gasteiger partial charge in [0.2, 0.25) is 0 Å². The normalized spacial score (nSPS) is 69.2. The Balaban J connectivity index is 1.99. The lowest BCUT2D eigenvalue weighted by molar-refractivity contribution is -0.00654. The molecule has 74 valence electrons. The molecule has 0 unspecified atom stereocenters. The molecular formula is C11H17FO. The van der Waals surface area contributed by atoms with Crippen LogP contribution in [0.5, 0.6) is 0 Å². The molecule has 1 heterocycles. The largest absolute Gasteiger partial charge is 0.371 e. The van der Waals surface area contributed by atoms with E-state index in [1.165, 1.54) is 6.42 Å². The molecule has 0 aromatic carbocycles. The second kappa shape index (κ2) is 1.95. The molecule has 13 heavy (non-hydrogen) atoms. The molecule has 1 saturated heterocycles. The van der Waals surface area contributed by atoms with Gasteiger partial charge >= 0.3 is 0 Å². The highest BCUT2D eigenvalue weighted by atomic mass is 19.1. The summed E-state index contributed by atoms with van der Waals surface area (Å²) in [5, 5.41) is 0. The molecule has 0 bridgehead atoms. The Kier molecular flexibility index (Phi) is 1.23. The van der Waals surface area contributed by atoms with Gasteiger partial charge in [-0.25, -0.2) is 4.39 Å². The molecule has 0 spiro atoms. The van der Waals surface area contributed by atoms with Gasteiger partial charge in [-0.15, -0.1) is 0 Å². The first kappa shape index (κ1) is 8.22. The third kappa shape index (κ3) is 0.731. The van der Waals surface area contributed by atoms with Gasteiger partial charge in [0.25, 0.3) is 0 Å². The van der Waals surface area contributed by atoms with Crippen LogP contribution in [-0.4, -0.2) is 18.4 Å². The fraction of sp³-hybridized carbons (Fsp3) is 1.00. The van der Waals surface area contributed by atoms with E-state index in [4.69, 9.17) is 4.74 Å². The number of fused-ring (bicyclic) bond motifs is 3. The topological polar surface area (TPSA) is 9.23 Å². The Morgan fingerprint density at radius 1 is 1.23 bits per heavy atom. The summed E-state index contributed by atoms with van der Waals surface area (Å²) >= 11 is 0. The van der Waals surface area contributed by atoms with Crippen LogP contribution in [0, 0.1) is 16.7 Å². The molecule has 2 saturated carbocycles. The van der Waals surface area contributed by atoms with Gasteiger partial charge in [-0.05, 0) is 31.1 Å². The molecule has 3 rings (SSSR count). The van der Waals surface area contributed by atoms with Crippen molar-refractivity contribution < 1.29 is 9.13 Å². The van der Waals surface area contributed by atoms with Crippen molar-refractivity contribution in [2.24, 2.45) is 16.7 Å². The smallest absolute Gasteiger partial charge is 0.134 e. The highest BCUT2D eigenvalue weighted by molar-refractivity contribution is 5.21. The van der Waals surface area contributed by atoms with E-state index in [0.717, 1.165) is 12.3 Å². The van der Waals surface area contributed by atoms with Crippen LogP contribution in [0.15, 0.2) is 0 Å². The van der Waals surface area contributed by atoms with E-state index >= 15 is 0 Å². The standard InChI is InChI=1S/C11H17FO/c1-6-8(12)11(3)5-7-4-10(7,2)9(11)13-6/h6-9H,4-5H2,1-3H3/t6-,7-,8+,9+,10-,11+/m0/s1. The molecule has 0 aromatic heterocycles. The fourth-order valence-corrected chi connectivity index (χ4v) is 3.88. The molecule has 0 aromatic rings. The number of ether oxygens (including phenoxy) is 1. The zero-order chi connectivity index (χ0) is 9.43. The Morgan fingerprint density at radius 2 is 1.85 bits per heavy atom. The Bertz CT molecular complexity index is 267. The third-order valence-electron chi connectivity index (χ3n) is 4.74. The average Bonchev–Trinajstić information content (AvgIpc) is 2.56. The fourth-order valence-electron chi connectivity index (χ4n) is 3.88. The lowest BCUT2D eigenvalue weighted by Crippen LogP contribution is -2.35. The van der Waals surface area contributed by atoms with Gasteiger partial charge in [-0.2, -0.15) is 0 Å². The van der Waals surface area contributed by atoms with Crippen LogP contribution >= 0.6 is 0 Å². The second-order valence-electron chi connectivity index (χ2n) is 5.74. The molecule has 0 amide bonds. The van der Waals surface area contributed by atoms with Crippen LogP contribution in [0.3, 0.4) is 0 Å². The first-order valence-electron chi connectivity index (χ1n) is 5.28. The third-order valence-corrected chi connectivity index (χ3v) is 4.74. The molecule has 3 fully saturated rings. The van der Waals surface area contributed by atoms with Crippen LogP contribution < -0.4 is 0 Å². The monoisotopic (exact) mass is 184 g/mol. The number of rotatable bonds is 0. The van der Waals surface area contributed by atoms with Gasteiger partial charge in [-0.1, -0.05) is 13.8 Å². The average molecular weight is 184 g/mol. The van der Waals surface area contributed by atoms with E-state index in [1.54, 1.807) is 0 Å². The SMILES string of the molecule is C[C@@H]1O[C@@H]2[C@@]3(C)C[C@H]3C[C@]2(C)[C@@H]1F. The number of halogens is 1. The van der Waals surface area contributed by atoms with Gasteiger partial charge in [0.05, 0.1) is 12.2 Å². The first-order chi connectivity index (χ1) is 5.98. The Hall–Kier alpha value is -0.110. The Morgan fingerprint density at radius 3 is 2.46 bits per heavy atom. The Labute approximate surface area is 78.7 Å². The van der Waals surface area contributed by atoms with E-state index in [2.05, 4.69) is 13.8 Å². The summed E-state index contributed by atoms with van der Waals surface area (Å²) in [4.78, 5) is 0. The predicted octanol–water partition coefficient (Wildman–Crippen LogP) is 2.55. The molecule has 2 aliphatic carbocycles. The van der Waals surface area contributed by atoms with Crippen molar-refractivity contribution in [2.45, 2.75) is 52.0 Å². The lowest BCUT2D eigenvalue weighted by Gasteiger charge is -2.29. The summed E-state index contributed by atoms with van der Waals surface area (Å²) in [5.41, 5.74) is 0.154. The lowest BCUT2D eigenvalue weighted by atomic mass is 9.77. The molecule has 1 aliphatic heterocycles. The van der Waals surface area contributed by atoms with Gasteiger partial charge < -0.3 is 4.74 Å². The van der Waals surface area contributed by atoms with Crippen LogP contribution in [0.4, 0.5) is 4.39 Å². The second-order valence-corrected chi connectivity index (χ2v) is 5.74. The first-order valence-corrected chi connectivity index (χ1v) is 5.28. The van der Waals surface area contributed by atoms with Crippen LogP contribution in [0.25, 0.3) is 0 Å². The van der Waals surface area contributed by atoms with E-state index in [0.29, 0.717) is 5.41 Å². The van der Waals surface area contributed by atoms with Crippen LogP contribution in [-0.2, 0) is 4.74 Å². The molecule has 2 heteroatoms. The highest BCUT2D eigenvalue weighted by Gasteiger charge is 2.73. The summed E-state index contributed by atoms with van der Waals surface area (Å²) < 4.78 is 19.7. The minimum Gasteiger partial charge on any atom is -0.371 e. The van der Waals surface area contributed by atoms with Crippen molar-refractivity contribution in [3.8, 4) is 0 Å². The quantitative estimate of drug-likeness (QED) is 0.562. The summed E-state index contributed by atoms with van der Waals surface area (Å²) in [7, 11) is 0. The van der Waals surface area contributed by atoms with Crippen molar-refractivity contribution in [2.75, 3.05) is 0 Å². The summed E-state index contributed by atoms with van der Waals surface area (Å²) in [5.74, 6) is 0.744. The van der Waals surface area contributed by atoms with Crippen molar-refractivity contribution >= 4 is 0 Å². The summed E-state index contributed by atoms with van der Waals surface area (Å²) in [6.07, 6.45) is 1.55. The summed E-state index contributed by atoms with van der Waals surface area (Å²) in [6.45, 7) is 6.20. The van der Waals surface area contributed by atoms with Crippen molar-refractivity contribution in [3.05, 3.63) is 0 Å². The molecular weight excluding hydrogens is 167 g/mol. The molecule has 0 N–H and O–H groups in total. The van der Waals surface area contributed by atoms with Crippen LogP contribution in [0.1, 0.15) is 33.6 Å². The maximum atomic E-state index is 13.9. The summed E-state index contributed by atoms with van der Waals surface area (Å²) in [6, 6.07) is 0. The van der Waals surface area contributed by atoms with E-state index in [-0.39, 0.29) is 17.6 Å². The van der Waals surface area contributed by atoms with Gasteiger partial charge in [0, 0.05) is 5.41 Å². The maximum absolute atomic E-state index is 13.9. The van der Waals surface area contributed by atoms with Gasteiger partial charge in [0.15, 0.2) is 0 Å².